The van der Waals surface area contributed by atoms with Gasteiger partial charge in [-0.15, -0.1) is 0 Å². The maximum absolute atomic E-state index is 13.2. The number of aromatic amines is 1. The fraction of sp³-hybridized carbons (Fsp3) is 0.333. The van der Waals surface area contributed by atoms with Crippen LogP contribution in [0.15, 0.2) is 24.3 Å². The van der Waals surface area contributed by atoms with Crippen LogP contribution in [-0.2, 0) is 14.3 Å². The van der Waals surface area contributed by atoms with Crippen LogP contribution in [0.5, 0.6) is 0 Å². The average Bonchev–Trinajstić information content (AvgIpc) is 2.99. The van der Waals surface area contributed by atoms with Crippen molar-refractivity contribution in [1.29, 1.82) is 0 Å². The van der Waals surface area contributed by atoms with Crippen molar-refractivity contribution in [3.05, 3.63) is 58.2 Å². The number of ether oxygens (including phenoxy) is 2. The molecule has 0 aliphatic carbocycles. The van der Waals surface area contributed by atoms with Gasteiger partial charge in [-0.2, -0.15) is 0 Å². The summed E-state index contributed by atoms with van der Waals surface area (Å²) in [6.07, 6.45) is -1.16. The van der Waals surface area contributed by atoms with Crippen molar-refractivity contribution in [2.24, 2.45) is 0 Å². The first-order valence-corrected chi connectivity index (χ1v) is 9.29. The van der Waals surface area contributed by atoms with Gasteiger partial charge in [0.2, 0.25) is 5.78 Å². The van der Waals surface area contributed by atoms with E-state index in [4.69, 9.17) is 9.47 Å². The van der Waals surface area contributed by atoms with Gasteiger partial charge in [0.25, 0.3) is 5.91 Å². The summed E-state index contributed by atoms with van der Waals surface area (Å²) in [7, 11) is 0. The van der Waals surface area contributed by atoms with E-state index in [9.17, 15) is 23.6 Å². The number of Topliss-reactive ketones (excluding diaryl/α,β-unsaturated/α-hetero) is 1. The van der Waals surface area contributed by atoms with Gasteiger partial charge in [-0.1, -0.05) is 6.07 Å². The third-order valence-corrected chi connectivity index (χ3v) is 4.32. The molecule has 2 rings (SSSR count). The molecule has 0 fully saturated rings. The van der Waals surface area contributed by atoms with E-state index in [0.717, 1.165) is 6.07 Å². The van der Waals surface area contributed by atoms with E-state index < -0.39 is 42.1 Å². The Morgan fingerprint density at radius 3 is 2.53 bits per heavy atom. The number of ketones is 1. The van der Waals surface area contributed by atoms with Crippen molar-refractivity contribution in [1.82, 2.24) is 10.3 Å². The van der Waals surface area contributed by atoms with Gasteiger partial charge >= 0.3 is 11.9 Å². The normalized spacial score (nSPS) is 11.5. The summed E-state index contributed by atoms with van der Waals surface area (Å²) in [6, 6.07) is 4.99. The van der Waals surface area contributed by atoms with Crippen molar-refractivity contribution < 1.29 is 33.0 Å². The van der Waals surface area contributed by atoms with Crippen LogP contribution in [0, 0.1) is 19.7 Å². The van der Waals surface area contributed by atoms with E-state index in [0.29, 0.717) is 11.3 Å². The molecule has 0 radical (unpaired) electrons. The number of hydrogen-bond donors (Lipinski definition) is 2. The number of rotatable bonds is 8. The van der Waals surface area contributed by atoms with E-state index in [1.54, 1.807) is 20.8 Å². The van der Waals surface area contributed by atoms with E-state index in [2.05, 4.69) is 10.3 Å². The molecular formula is C21H23FN2O6. The zero-order valence-corrected chi connectivity index (χ0v) is 17.1. The molecule has 1 aromatic carbocycles. The highest BCUT2D eigenvalue weighted by molar-refractivity contribution is 6.04. The Kier molecular flexibility index (Phi) is 7.46. The van der Waals surface area contributed by atoms with E-state index in [-0.39, 0.29) is 23.4 Å². The number of benzene rings is 1. The molecule has 2 aromatic rings. The van der Waals surface area contributed by atoms with Gasteiger partial charge < -0.3 is 19.8 Å². The summed E-state index contributed by atoms with van der Waals surface area (Å²) in [5.41, 5.74) is 1.32. The SMILES string of the molecule is CCOC(=O)c1c(C)[nH]c(C(=O)[C@@H](C)OC(=O)CNC(=O)c2cccc(F)c2)c1C. The predicted octanol–water partition coefficient (Wildman–Crippen LogP) is 2.49. The lowest BCUT2D eigenvalue weighted by Crippen LogP contribution is -2.34. The molecule has 0 unspecified atom stereocenters. The zero-order chi connectivity index (χ0) is 22.4. The first kappa shape index (κ1) is 22.8. The van der Waals surface area contributed by atoms with Gasteiger partial charge in [0.1, 0.15) is 12.4 Å². The van der Waals surface area contributed by atoms with Gasteiger partial charge in [-0.25, -0.2) is 9.18 Å². The molecular weight excluding hydrogens is 395 g/mol. The third-order valence-electron chi connectivity index (χ3n) is 4.32. The molecule has 0 spiro atoms. The second kappa shape index (κ2) is 9.82. The second-order valence-corrected chi connectivity index (χ2v) is 6.53. The fourth-order valence-electron chi connectivity index (χ4n) is 2.89. The number of amides is 1. The van der Waals surface area contributed by atoms with Crippen LogP contribution >= 0.6 is 0 Å². The van der Waals surface area contributed by atoms with Crippen LogP contribution in [0.25, 0.3) is 0 Å². The van der Waals surface area contributed by atoms with Crippen LogP contribution < -0.4 is 5.32 Å². The maximum atomic E-state index is 13.2. The summed E-state index contributed by atoms with van der Waals surface area (Å²) in [6.45, 7) is 5.99. The summed E-state index contributed by atoms with van der Waals surface area (Å²) >= 11 is 0. The Bertz CT molecular complexity index is 982. The molecule has 8 nitrogen and oxygen atoms in total. The highest BCUT2D eigenvalue weighted by Gasteiger charge is 2.27. The number of carbonyl (C=O) groups excluding carboxylic acids is 4. The first-order chi connectivity index (χ1) is 14.1. The van der Waals surface area contributed by atoms with E-state index >= 15 is 0 Å². The highest BCUT2D eigenvalue weighted by Crippen LogP contribution is 2.21. The van der Waals surface area contributed by atoms with Gasteiger partial charge in [-0.3, -0.25) is 14.4 Å². The minimum atomic E-state index is -1.16. The van der Waals surface area contributed by atoms with Crippen molar-refractivity contribution in [3.8, 4) is 0 Å². The number of aryl methyl sites for hydroxylation is 1. The first-order valence-electron chi connectivity index (χ1n) is 9.29. The highest BCUT2D eigenvalue weighted by atomic mass is 19.1. The van der Waals surface area contributed by atoms with Gasteiger partial charge in [0.15, 0.2) is 6.10 Å². The standard InChI is InChI=1S/C21H23FN2O6/c1-5-29-21(28)17-11(2)18(24-12(17)3)19(26)13(4)30-16(25)10-23-20(27)14-7-6-8-15(22)9-14/h6-9,13,24H,5,10H2,1-4H3,(H,23,27)/t13-/m1/s1. The molecule has 9 heteroatoms. The van der Waals surface area contributed by atoms with Crippen molar-refractivity contribution in [3.63, 3.8) is 0 Å². The topological polar surface area (TPSA) is 115 Å². The molecule has 0 aliphatic rings. The largest absolute Gasteiger partial charge is 0.462 e. The zero-order valence-electron chi connectivity index (χ0n) is 17.1. The number of nitrogens with one attached hydrogen (secondary N) is 2. The minimum Gasteiger partial charge on any atom is -0.462 e. The number of hydrogen-bond acceptors (Lipinski definition) is 6. The Morgan fingerprint density at radius 1 is 1.20 bits per heavy atom. The molecule has 0 saturated heterocycles. The number of halogens is 1. The molecule has 1 heterocycles. The number of carbonyl (C=O) groups is 4. The molecule has 1 aromatic heterocycles. The van der Waals surface area contributed by atoms with Gasteiger partial charge in [-0.05, 0) is 51.5 Å². The lowest BCUT2D eigenvalue weighted by atomic mass is 10.1. The Balaban J connectivity index is 1.98. The quantitative estimate of drug-likeness (QED) is 0.503. The molecule has 1 atom stereocenters. The predicted molar refractivity (Wildman–Crippen MR) is 105 cm³/mol. The molecule has 0 bridgehead atoms. The van der Waals surface area contributed by atoms with Gasteiger partial charge in [0, 0.05) is 11.3 Å². The molecule has 160 valence electrons. The van der Waals surface area contributed by atoms with Crippen molar-refractivity contribution in [2.45, 2.75) is 33.8 Å². The molecule has 30 heavy (non-hydrogen) atoms. The maximum Gasteiger partial charge on any atom is 0.340 e. The van der Waals surface area contributed by atoms with Crippen LogP contribution in [-0.4, -0.2) is 47.9 Å². The number of H-pyrrole nitrogens is 1. The van der Waals surface area contributed by atoms with Crippen LogP contribution in [0.4, 0.5) is 4.39 Å². The minimum absolute atomic E-state index is 0.0518. The lowest BCUT2D eigenvalue weighted by Gasteiger charge is -2.13. The van der Waals surface area contributed by atoms with Crippen molar-refractivity contribution >= 4 is 23.6 Å². The monoisotopic (exact) mass is 418 g/mol. The number of aromatic nitrogens is 1. The third kappa shape index (κ3) is 5.31. The van der Waals surface area contributed by atoms with Crippen LogP contribution in [0.1, 0.15) is 56.3 Å². The summed E-state index contributed by atoms with van der Waals surface area (Å²) in [5, 5.41) is 2.30. The molecule has 0 saturated carbocycles. The Hall–Kier alpha value is -3.49. The Labute approximate surface area is 172 Å². The molecule has 1 amide bonds. The Morgan fingerprint density at radius 2 is 1.90 bits per heavy atom. The van der Waals surface area contributed by atoms with E-state index in [1.807, 2.05) is 0 Å². The fourth-order valence-corrected chi connectivity index (χ4v) is 2.89. The molecule has 2 N–H and O–H groups in total. The smallest absolute Gasteiger partial charge is 0.340 e. The summed E-state index contributed by atoms with van der Waals surface area (Å²) < 4.78 is 23.2. The van der Waals surface area contributed by atoms with E-state index in [1.165, 1.54) is 25.1 Å². The van der Waals surface area contributed by atoms with Crippen LogP contribution in [0.3, 0.4) is 0 Å². The average molecular weight is 418 g/mol. The van der Waals surface area contributed by atoms with Crippen LogP contribution in [0.2, 0.25) is 0 Å². The van der Waals surface area contributed by atoms with Gasteiger partial charge in [0.05, 0.1) is 17.9 Å². The summed E-state index contributed by atoms with van der Waals surface area (Å²) in [4.78, 5) is 51.5. The lowest BCUT2D eigenvalue weighted by molar-refractivity contribution is -0.145. The molecule has 0 aliphatic heterocycles. The second-order valence-electron chi connectivity index (χ2n) is 6.53. The summed E-state index contributed by atoms with van der Waals surface area (Å²) in [5.74, 6) is -3.15. The number of esters is 2. The van der Waals surface area contributed by atoms with Crippen molar-refractivity contribution in [2.75, 3.05) is 13.2 Å².